The van der Waals surface area contributed by atoms with E-state index in [2.05, 4.69) is 5.32 Å². The van der Waals surface area contributed by atoms with E-state index in [1.807, 2.05) is 19.1 Å². The average Bonchev–Trinajstić information content (AvgIpc) is 3.30. The van der Waals surface area contributed by atoms with Gasteiger partial charge in [-0.25, -0.2) is 8.42 Å². The van der Waals surface area contributed by atoms with E-state index in [0.717, 1.165) is 18.4 Å². The number of nitrogens with one attached hydrogen (secondary N) is 1. The molecule has 1 N–H and O–H groups in total. The lowest BCUT2D eigenvalue weighted by Crippen LogP contribution is -2.35. The van der Waals surface area contributed by atoms with Gasteiger partial charge in [-0.05, 0) is 61.0 Å². The highest BCUT2D eigenvalue weighted by molar-refractivity contribution is 7.94. The zero-order valence-electron chi connectivity index (χ0n) is 16.5. The number of anilines is 2. The van der Waals surface area contributed by atoms with Crippen molar-refractivity contribution in [2.75, 3.05) is 22.8 Å². The molecule has 1 aliphatic heterocycles. The molecule has 0 saturated heterocycles. The van der Waals surface area contributed by atoms with Crippen LogP contribution in [0.15, 0.2) is 64.2 Å². The summed E-state index contributed by atoms with van der Waals surface area (Å²) in [4.78, 5) is 12.8. The van der Waals surface area contributed by atoms with Crippen molar-refractivity contribution in [1.82, 2.24) is 0 Å². The van der Waals surface area contributed by atoms with E-state index in [9.17, 15) is 13.2 Å². The molecule has 0 saturated carbocycles. The van der Waals surface area contributed by atoms with Crippen LogP contribution in [0.4, 0.5) is 11.4 Å². The predicted octanol–water partition coefficient (Wildman–Crippen LogP) is 4.54. The van der Waals surface area contributed by atoms with E-state index in [-0.39, 0.29) is 5.91 Å². The van der Waals surface area contributed by atoms with Crippen LogP contribution in [0.1, 0.15) is 29.3 Å². The topological polar surface area (TPSA) is 75.7 Å². The highest BCUT2D eigenvalue weighted by Gasteiger charge is 2.30. The van der Waals surface area contributed by atoms with Crippen LogP contribution in [0, 0.1) is 0 Å². The van der Waals surface area contributed by atoms with E-state index >= 15 is 0 Å². The SMILES string of the molecule is CCOc1ccccc1C(=O)Nc1ccc2c(c1)N(S(=O)(=O)c1cccs1)CCC2. The monoisotopic (exact) mass is 442 g/mol. The van der Waals surface area contributed by atoms with Gasteiger partial charge in [0, 0.05) is 12.2 Å². The molecule has 0 spiro atoms. The molecule has 0 unspecified atom stereocenters. The van der Waals surface area contributed by atoms with Gasteiger partial charge in [0.25, 0.3) is 15.9 Å². The first-order chi connectivity index (χ1) is 14.5. The molecule has 0 atom stereocenters. The molecule has 0 aliphatic carbocycles. The minimum absolute atomic E-state index is 0.303. The second-order valence-corrected chi connectivity index (χ2v) is 9.88. The fraction of sp³-hybridized carbons (Fsp3) is 0.227. The Labute approximate surface area is 180 Å². The van der Waals surface area contributed by atoms with Crippen molar-refractivity contribution in [1.29, 1.82) is 0 Å². The fourth-order valence-corrected chi connectivity index (χ4v) is 6.16. The van der Waals surface area contributed by atoms with Gasteiger partial charge in [0.1, 0.15) is 9.96 Å². The molecule has 0 bridgehead atoms. The molecule has 3 aromatic rings. The summed E-state index contributed by atoms with van der Waals surface area (Å²) in [6.07, 6.45) is 1.55. The Balaban J connectivity index is 1.65. The Morgan fingerprint density at radius 1 is 1.17 bits per heavy atom. The second-order valence-electron chi connectivity index (χ2n) is 6.84. The molecule has 156 valence electrons. The Hall–Kier alpha value is -2.84. The number of rotatable bonds is 6. The molecule has 8 heteroatoms. The van der Waals surface area contributed by atoms with E-state index in [1.165, 1.54) is 15.6 Å². The van der Waals surface area contributed by atoms with Crippen LogP contribution in [-0.4, -0.2) is 27.5 Å². The number of nitrogens with zero attached hydrogens (tertiary/aromatic N) is 1. The molecule has 1 amide bonds. The third kappa shape index (κ3) is 3.93. The quantitative estimate of drug-likeness (QED) is 0.608. The summed E-state index contributed by atoms with van der Waals surface area (Å²) in [6.45, 7) is 2.73. The number of benzene rings is 2. The van der Waals surface area contributed by atoms with Gasteiger partial charge in [0.05, 0.1) is 17.9 Å². The third-order valence-corrected chi connectivity index (χ3v) is 8.08. The van der Waals surface area contributed by atoms with Crippen molar-refractivity contribution in [3.05, 3.63) is 71.1 Å². The predicted molar refractivity (Wildman–Crippen MR) is 119 cm³/mol. The number of carbonyl (C=O) groups excluding carboxylic acids is 1. The molecule has 0 radical (unpaired) electrons. The molecule has 1 aliphatic rings. The molecule has 6 nitrogen and oxygen atoms in total. The van der Waals surface area contributed by atoms with Crippen LogP contribution in [0.2, 0.25) is 0 Å². The standard InChI is InChI=1S/C22H22N2O4S2/c1-2-28-20-9-4-3-8-18(20)22(25)23-17-12-11-16-7-5-13-24(19(16)15-17)30(26,27)21-10-6-14-29-21/h3-4,6,8-12,14-15H,2,5,7,13H2,1H3,(H,23,25). The van der Waals surface area contributed by atoms with Gasteiger partial charge in [0.15, 0.2) is 0 Å². The Morgan fingerprint density at radius 3 is 2.77 bits per heavy atom. The molecule has 2 heterocycles. The van der Waals surface area contributed by atoms with E-state index in [1.54, 1.807) is 47.8 Å². The minimum Gasteiger partial charge on any atom is -0.493 e. The number of aryl methyl sites for hydroxylation is 1. The van der Waals surface area contributed by atoms with E-state index < -0.39 is 10.0 Å². The first-order valence-electron chi connectivity index (χ1n) is 9.73. The number of sulfonamides is 1. The average molecular weight is 443 g/mol. The van der Waals surface area contributed by atoms with Crippen LogP contribution < -0.4 is 14.4 Å². The Kier molecular flexibility index (Phi) is 5.78. The van der Waals surface area contributed by atoms with Crippen LogP contribution in [0.5, 0.6) is 5.75 Å². The number of fused-ring (bicyclic) bond motifs is 1. The second kappa shape index (κ2) is 8.49. The summed E-state index contributed by atoms with van der Waals surface area (Å²) in [5.41, 5.74) is 2.54. The largest absolute Gasteiger partial charge is 0.493 e. The molecular weight excluding hydrogens is 420 g/mol. The van der Waals surface area contributed by atoms with Gasteiger partial charge in [-0.3, -0.25) is 9.10 Å². The smallest absolute Gasteiger partial charge is 0.273 e. The number of thiophene rings is 1. The van der Waals surface area contributed by atoms with Gasteiger partial charge in [0.2, 0.25) is 0 Å². The van der Waals surface area contributed by atoms with Crippen molar-refractivity contribution in [2.45, 2.75) is 24.0 Å². The highest BCUT2D eigenvalue weighted by Crippen LogP contribution is 2.35. The summed E-state index contributed by atoms with van der Waals surface area (Å²) in [5.74, 6) is 0.208. The van der Waals surface area contributed by atoms with Crippen molar-refractivity contribution in [3.8, 4) is 5.75 Å². The number of para-hydroxylation sites is 1. The molecule has 2 aromatic carbocycles. The first kappa shape index (κ1) is 20.4. The number of hydrogen-bond donors (Lipinski definition) is 1. The Bertz CT molecular complexity index is 1160. The zero-order valence-corrected chi connectivity index (χ0v) is 18.1. The lowest BCUT2D eigenvalue weighted by atomic mass is 10.0. The van der Waals surface area contributed by atoms with Crippen molar-refractivity contribution >= 4 is 38.6 Å². The fourth-order valence-electron chi connectivity index (χ4n) is 3.52. The van der Waals surface area contributed by atoms with Gasteiger partial charge in [-0.1, -0.05) is 24.3 Å². The van der Waals surface area contributed by atoms with Gasteiger partial charge in [-0.15, -0.1) is 11.3 Å². The van der Waals surface area contributed by atoms with Crippen molar-refractivity contribution in [3.63, 3.8) is 0 Å². The number of amides is 1. The zero-order chi connectivity index (χ0) is 21.1. The highest BCUT2D eigenvalue weighted by atomic mass is 32.2. The number of carbonyl (C=O) groups is 1. The normalized spacial score (nSPS) is 13.6. The number of hydrogen-bond acceptors (Lipinski definition) is 5. The lowest BCUT2D eigenvalue weighted by Gasteiger charge is -2.30. The van der Waals surface area contributed by atoms with Gasteiger partial charge >= 0.3 is 0 Å². The van der Waals surface area contributed by atoms with Gasteiger partial charge in [-0.2, -0.15) is 0 Å². The summed E-state index contributed by atoms with van der Waals surface area (Å²) in [6, 6.07) is 15.8. The molecule has 4 rings (SSSR count). The van der Waals surface area contributed by atoms with Crippen LogP contribution in [-0.2, 0) is 16.4 Å². The van der Waals surface area contributed by atoms with Gasteiger partial charge < -0.3 is 10.1 Å². The summed E-state index contributed by atoms with van der Waals surface area (Å²) in [5, 5.41) is 4.63. The summed E-state index contributed by atoms with van der Waals surface area (Å²) in [7, 11) is -3.62. The third-order valence-electron chi connectivity index (χ3n) is 4.89. The van der Waals surface area contributed by atoms with E-state index in [4.69, 9.17) is 4.74 Å². The summed E-state index contributed by atoms with van der Waals surface area (Å²) < 4.78 is 33.5. The molecular formula is C22H22N2O4S2. The minimum atomic E-state index is -3.62. The first-order valence-corrected chi connectivity index (χ1v) is 12.0. The molecule has 30 heavy (non-hydrogen) atoms. The van der Waals surface area contributed by atoms with Crippen LogP contribution in [0.25, 0.3) is 0 Å². The van der Waals surface area contributed by atoms with Crippen molar-refractivity contribution in [2.24, 2.45) is 0 Å². The maximum atomic E-state index is 13.1. The lowest BCUT2D eigenvalue weighted by molar-refractivity contribution is 0.102. The van der Waals surface area contributed by atoms with Crippen LogP contribution in [0.3, 0.4) is 0 Å². The maximum Gasteiger partial charge on any atom is 0.273 e. The molecule has 0 fully saturated rings. The number of ether oxygens (including phenoxy) is 1. The van der Waals surface area contributed by atoms with Crippen LogP contribution >= 0.6 is 11.3 Å². The molecule has 1 aromatic heterocycles. The summed E-state index contributed by atoms with van der Waals surface area (Å²) >= 11 is 1.20. The van der Waals surface area contributed by atoms with Crippen molar-refractivity contribution < 1.29 is 17.9 Å². The maximum absolute atomic E-state index is 13.1. The Morgan fingerprint density at radius 2 is 2.00 bits per heavy atom. The van der Waals surface area contributed by atoms with E-state index in [0.29, 0.717) is 40.0 Å².